The van der Waals surface area contributed by atoms with Crippen molar-refractivity contribution in [2.24, 2.45) is 0 Å². The molecule has 0 bridgehead atoms. The number of piperidine rings is 1. The smallest absolute Gasteiger partial charge is 0.243 e. The van der Waals surface area contributed by atoms with E-state index in [1.54, 1.807) is 18.2 Å². The zero-order chi connectivity index (χ0) is 20.1. The van der Waals surface area contributed by atoms with Crippen molar-refractivity contribution in [1.82, 2.24) is 14.3 Å². The fourth-order valence-electron chi connectivity index (χ4n) is 4.33. The summed E-state index contributed by atoms with van der Waals surface area (Å²) in [5, 5.41) is 0. The van der Waals surface area contributed by atoms with Gasteiger partial charge in [0.2, 0.25) is 10.0 Å². The van der Waals surface area contributed by atoms with Crippen molar-refractivity contribution in [2.75, 3.05) is 32.9 Å². The molecular formula is C20H23N3O5S. The predicted octanol–water partition coefficient (Wildman–Crippen LogP) is 1.81. The maximum atomic E-state index is 13.4. The quantitative estimate of drug-likeness (QED) is 0.736. The first-order valence-corrected chi connectivity index (χ1v) is 11.3. The van der Waals surface area contributed by atoms with Gasteiger partial charge in [0.05, 0.1) is 17.2 Å². The molecule has 3 aliphatic heterocycles. The second kappa shape index (κ2) is 6.93. The molecule has 0 N–H and O–H groups in total. The molecule has 9 heteroatoms. The first kappa shape index (κ1) is 18.8. The number of hydrogen-bond acceptors (Lipinski definition) is 7. The molecule has 0 saturated carbocycles. The summed E-state index contributed by atoms with van der Waals surface area (Å²) in [7, 11) is -3.71. The van der Waals surface area contributed by atoms with Crippen LogP contribution in [-0.2, 0) is 26.8 Å². The third-order valence-electron chi connectivity index (χ3n) is 5.74. The molecule has 1 atom stereocenters. The van der Waals surface area contributed by atoms with E-state index in [2.05, 4.69) is 9.97 Å². The molecule has 0 amide bonds. The lowest BCUT2D eigenvalue weighted by atomic mass is 9.85. The van der Waals surface area contributed by atoms with Crippen LogP contribution in [-0.4, -0.2) is 55.6 Å². The highest BCUT2D eigenvalue weighted by Crippen LogP contribution is 2.41. The zero-order valence-electron chi connectivity index (χ0n) is 16.3. The van der Waals surface area contributed by atoms with Crippen LogP contribution in [0.4, 0.5) is 0 Å². The molecule has 29 heavy (non-hydrogen) atoms. The molecule has 1 saturated heterocycles. The Hall–Kier alpha value is -2.23. The van der Waals surface area contributed by atoms with Gasteiger partial charge in [0.1, 0.15) is 24.6 Å². The van der Waals surface area contributed by atoms with Gasteiger partial charge in [-0.25, -0.2) is 18.4 Å². The summed E-state index contributed by atoms with van der Waals surface area (Å²) >= 11 is 0. The Labute approximate surface area is 169 Å². The molecule has 5 rings (SSSR count). The van der Waals surface area contributed by atoms with E-state index in [0.717, 1.165) is 24.1 Å². The lowest BCUT2D eigenvalue weighted by Crippen LogP contribution is -2.52. The Kier molecular flexibility index (Phi) is 4.49. The maximum absolute atomic E-state index is 13.4. The fourth-order valence-corrected chi connectivity index (χ4v) is 5.87. The standard InChI is InChI=1S/C20H23N3O5S/c1-14-21-12-15-5-8-28-20(19(15)22-14)6-2-7-23(13-20)29(24,25)16-3-4-17-18(11-16)27-10-9-26-17/h3-4,11-12H,2,5-10,13H2,1H3/t20-/m1/s1. The number of fused-ring (bicyclic) bond motifs is 3. The van der Waals surface area contributed by atoms with Crippen LogP contribution in [0.5, 0.6) is 11.5 Å². The van der Waals surface area contributed by atoms with Gasteiger partial charge in [0.15, 0.2) is 11.5 Å². The first-order valence-electron chi connectivity index (χ1n) is 9.85. The first-order chi connectivity index (χ1) is 14.0. The average Bonchev–Trinajstić information content (AvgIpc) is 2.74. The summed E-state index contributed by atoms with van der Waals surface area (Å²) < 4.78 is 45.6. The number of benzene rings is 1. The van der Waals surface area contributed by atoms with E-state index >= 15 is 0 Å². The number of rotatable bonds is 2. The third kappa shape index (κ3) is 3.17. The van der Waals surface area contributed by atoms with Crippen LogP contribution in [0, 0.1) is 6.92 Å². The molecule has 4 heterocycles. The highest BCUT2D eigenvalue weighted by Gasteiger charge is 2.46. The van der Waals surface area contributed by atoms with Gasteiger partial charge in [0, 0.05) is 25.4 Å². The van der Waals surface area contributed by atoms with Crippen LogP contribution in [0.3, 0.4) is 0 Å². The van der Waals surface area contributed by atoms with Gasteiger partial charge < -0.3 is 14.2 Å². The summed E-state index contributed by atoms with van der Waals surface area (Å²) in [6, 6.07) is 4.78. The van der Waals surface area contributed by atoms with Gasteiger partial charge in [-0.1, -0.05) is 0 Å². The van der Waals surface area contributed by atoms with Gasteiger partial charge in [-0.15, -0.1) is 0 Å². The van der Waals surface area contributed by atoms with Crippen LogP contribution in [0.2, 0.25) is 0 Å². The van der Waals surface area contributed by atoms with Crippen molar-refractivity contribution in [1.29, 1.82) is 0 Å². The SMILES string of the molecule is Cc1ncc2c(n1)[C@]1(CCCN(S(=O)(=O)c3ccc4c(c3)OCCO4)C1)OCC2. The predicted molar refractivity (Wildman–Crippen MR) is 104 cm³/mol. The molecule has 0 radical (unpaired) electrons. The van der Waals surface area contributed by atoms with E-state index in [1.165, 1.54) is 4.31 Å². The number of aryl methyl sites for hydroxylation is 1. The molecule has 1 fully saturated rings. The monoisotopic (exact) mass is 417 g/mol. The van der Waals surface area contributed by atoms with E-state index in [-0.39, 0.29) is 11.4 Å². The lowest BCUT2D eigenvalue weighted by molar-refractivity contribution is -0.0935. The molecule has 154 valence electrons. The van der Waals surface area contributed by atoms with Crippen molar-refractivity contribution in [2.45, 2.75) is 36.7 Å². The Balaban J connectivity index is 1.49. The van der Waals surface area contributed by atoms with Crippen molar-refractivity contribution in [3.05, 3.63) is 41.5 Å². The van der Waals surface area contributed by atoms with Gasteiger partial charge in [0.25, 0.3) is 0 Å². The summed E-state index contributed by atoms with van der Waals surface area (Å²) in [6.45, 7) is 3.94. The number of nitrogens with zero attached hydrogens (tertiary/aromatic N) is 3. The molecule has 3 aliphatic rings. The Morgan fingerprint density at radius 2 is 1.97 bits per heavy atom. The molecular weight excluding hydrogens is 394 g/mol. The highest BCUT2D eigenvalue weighted by molar-refractivity contribution is 7.89. The van der Waals surface area contributed by atoms with Crippen molar-refractivity contribution in [3.63, 3.8) is 0 Å². The minimum absolute atomic E-state index is 0.203. The molecule has 1 aromatic heterocycles. The van der Waals surface area contributed by atoms with E-state index in [9.17, 15) is 8.42 Å². The van der Waals surface area contributed by atoms with Gasteiger partial charge >= 0.3 is 0 Å². The summed E-state index contributed by atoms with van der Waals surface area (Å²) in [4.78, 5) is 9.15. The van der Waals surface area contributed by atoms with Gasteiger partial charge in [-0.2, -0.15) is 4.31 Å². The summed E-state index contributed by atoms with van der Waals surface area (Å²) in [6.07, 6.45) is 4.03. The van der Waals surface area contributed by atoms with Gasteiger partial charge in [-0.3, -0.25) is 0 Å². The van der Waals surface area contributed by atoms with Crippen LogP contribution in [0.25, 0.3) is 0 Å². The number of aromatic nitrogens is 2. The molecule has 0 unspecified atom stereocenters. The van der Waals surface area contributed by atoms with Crippen LogP contribution in [0.15, 0.2) is 29.3 Å². The van der Waals surface area contributed by atoms with Crippen molar-refractivity contribution >= 4 is 10.0 Å². The molecule has 1 spiro atoms. The number of sulfonamides is 1. The van der Waals surface area contributed by atoms with Gasteiger partial charge in [-0.05, 0) is 43.9 Å². The average molecular weight is 417 g/mol. The Morgan fingerprint density at radius 1 is 1.14 bits per heavy atom. The Bertz CT molecular complexity index is 1060. The second-order valence-electron chi connectivity index (χ2n) is 7.63. The zero-order valence-corrected chi connectivity index (χ0v) is 17.1. The topological polar surface area (TPSA) is 90.9 Å². The van der Waals surface area contributed by atoms with E-state index in [4.69, 9.17) is 14.2 Å². The minimum atomic E-state index is -3.71. The summed E-state index contributed by atoms with van der Waals surface area (Å²) in [5.74, 6) is 1.70. The molecule has 8 nitrogen and oxygen atoms in total. The van der Waals surface area contributed by atoms with E-state index < -0.39 is 15.6 Å². The van der Waals surface area contributed by atoms with E-state index in [1.807, 2.05) is 13.1 Å². The lowest BCUT2D eigenvalue weighted by Gasteiger charge is -2.44. The van der Waals surface area contributed by atoms with Crippen molar-refractivity contribution < 1.29 is 22.6 Å². The molecule has 2 aromatic rings. The highest BCUT2D eigenvalue weighted by atomic mass is 32.2. The minimum Gasteiger partial charge on any atom is -0.486 e. The molecule has 0 aliphatic carbocycles. The molecule has 1 aromatic carbocycles. The number of hydrogen-bond donors (Lipinski definition) is 0. The second-order valence-corrected chi connectivity index (χ2v) is 9.57. The largest absolute Gasteiger partial charge is 0.486 e. The van der Waals surface area contributed by atoms with E-state index in [0.29, 0.717) is 50.1 Å². The number of ether oxygens (including phenoxy) is 3. The third-order valence-corrected chi connectivity index (χ3v) is 7.58. The van der Waals surface area contributed by atoms with Crippen LogP contribution < -0.4 is 9.47 Å². The normalized spacial score (nSPS) is 24.3. The van der Waals surface area contributed by atoms with Crippen molar-refractivity contribution in [3.8, 4) is 11.5 Å². The maximum Gasteiger partial charge on any atom is 0.243 e. The fraction of sp³-hybridized carbons (Fsp3) is 0.500. The van der Waals surface area contributed by atoms with Crippen LogP contribution >= 0.6 is 0 Å². The summed E-state index contributed by atoms with van der Waals surface area (Å²) in [5.41, 5.74) is 1.15. The van der Waals surface area contributed by atoms with Crippen LogP contribution in [0.1, 0.15) is 29.9 Å². The Morgan fingerprint density at radius 3 is 2.83 bits per heavy atom.